The SMILES string of the molecule is CCNC(=O)CCCOc1ccc(CN(C)CCNC(=O)CCOCCOCCNC(=O)OCC2c3ccccc3-c3ccccc32)c(OC)c1. The molecule has 1 aliphatic carbocycles. The van der Waals surface area contributed by atoms with E-state index < -0.39 is 6.09 Å². The lowest BCUT2D eigenvalue weighted by molar-refractivity contribution is -0.122. The number of fused-ring (bicyclic) bond motifs is 3. The Labute approximate surface area is 301 Å². The fourth-order valence-corrected chi connectivity index (χ4v) is 5.86. The first-order valence-electron chi connectivity index (χ1n) is 17.7. The topological polar surface area (TPSA) is 137 Å². The Bertz CT molecular complexity index is 1510. The summed E-state index contributed by atoms with van der Waals surface area (Å²) in [5.74, 6) is 1.38. The maximum Gasteiger partial charge on any atom is 0.407 e. The Morgan fingerprint density at radius 1 is 0.765 bits per heavy atom. The molecule has 0 saturated heterocycles. The zero-order valence-electron chi connectivity index (χ0n) is 30.0. The summed E-state index contributed by atoms with van der Waals surface area (Å²) in [5.41, 5.74) is 5.73. The molecule has 4 rings (SSSR count). The molecule has 0 bridgehead atoms. The van der Waals surface area contributed by atoms with Crippen molar-refractivity contribution in [3.63, 3.8) is 0 Å². The monoisotopic (exact) mass is 704 g/mol. The number of rotatable bonds is 23. The van der Waals surface area contributed by atoms with Gasteiger partial charge in [-0.25, -0.2) is 4.79 Å². The molecular weight excluding hydrogens is 652 g/mol. The number of hydrogen-bond acceptors (Lipinski definition) is 9. The van der Waals surface area contributed by atoms with E-state index in [1.165, 1.54) is 22.3 Å². The van der Waals surface area contributed by atoms with E-state index in [9.17, 15) is 14.4 Å². The van der Waals surface area contributed by atoms with E-state index in [4.69, 9.17) is 23.7 Å². The number of likely N-dealkylation sites (N-methyl/N-ethyl adjacent to an activating group) is 1. The van der Waals surface area contributed by atoms with Crippen LogP contribution in [0.5, 0.6) is 11.5 Å². The van der Waals surface area contributed by atoms with Crippen LogP contribution < -0.4 is 25.4 Å². The first kappa shape index (κ1) is 39.1. The molecule has 0 atom stereocenters. The average Bonchev–Trinajstić information content (AvgIpc) is 3.45. The zero-order valence-corrected chi connectivity index (χ0v) is 30.0. The van der Waals surface area contributed by atoms with Crippen LogP contribution in [-0.2, 0) is 30.3 Å². The Hall–Kier alpha value is -4.65. The molecule has 0 aliphatic heterocycles. The van der Waals surface area contributed by atoms with E-state index >= 15 is 0 Å². The molecule has 0 spiro atoms. The Kier molecular flexibility index (Phi) is 16.5. The Balaban J connectivity index is 0.983. The fraction of sp³-hybridized carbons (Fsp3) is 0.462. The second kappa shape index (κ2) is 21.5. The quantitative estimate of drug-likeness (QED) is 0.122. The normalized spacial score (nSPS) is 11.8. The van der Waals surface area contributed by atoms with Crippen molar-refractivity contribution in [2.45, 2.75) is 38.6 Å². The molecule has 1 aliphatic rings. The van der Waals surface area contributed by atoms with Gasteiger partial charge in [-0.2, -0.15) is 0 Å². The zero-order chi connectivity index (χ0) is 36.3. The van der Waals surface area contributed by atoms with Crippen molar-refractivity contribution in [3.05, 3.63) is 83.4 Å². The van der Waals surface area contributed by atoms with Gasteiger partial charge in [0, 0.05) is 63.1 Å². The number of carbonyl (C=O) groups is 3. The molecule has 0 heterocycles. The number of nitrogens with one attached hydrogen (secondary N) is 3. The van der Waals surface area contributed by atoms with Gasteiger partial charge in [0.25, 0.3) is 0 Å². The molecule has 3 N–H and O–H groups in total. The maximum atomic E-state index is 12.3. The van der Waals surface area contributed by atoms with Gasteiger partial charge in [-0.1, -0.05) is 54.6 Å². The molecule has 0 saturated carbocycles. The second-order valence-corrected chi connectivity index (χ2v) is 12.2. The van der Waals surface area contributed by atoms with Crippen molar-refractivity contribution in [3.8, 4) is 22.6 Å². The molecule has 3 amide bonds. The molecule has 0 fully saturated rings. The van der Waals surface area contributed by atoms with Gasteiger partial charge in [0.15, 0.2) is 0 Å². The number of benzene rings is 3. The van der Waals surface area contributed by atoms with Gasteiger partial charge in [0.2, 0.25) is 11.8 Å². The molecule has 0 unspecified atom stereocenters. The van der Waals surface area contributed by atoms with Crippen molar-refractivity contribution in [1.82, 2.24) is 20.9 Å². The van der Waals surface area contributed by atoms with E-state index in [-0.39, 0.29) is 30.8 Å². The van der Waals surface area contributed by atoms with Crippen LogP contribution in [0.25, 0.3) is 11.1 Å². The third kappa shape index (κ3) is 12.9. The number of methoxy groups -OCH3 is 1. The van der Waals surface area contributed by atoms with E-state index in [0.29, 0.717) is 84.3 Å². The van der Waals surface area contributed by atoms with Crippen LogP contribution in [0.1, 0.15) is 48.8 Å². The lowest BCUT2D eigenvalue weighted by Crippen LogP contribution is -2.33. The van der Waals surface area contributed by atoms with Gasteiger partial charge in [-0.3, -0.25) is 9.59 Å². The minimum Gasteiger partial charge on any atom is -0.496 e. The average molecular weight is 705 g/mol. The van der Waals surface area contributed by atoms with Gasteiger partial charge >= 0.3 is 6.09 Å². The highest BCUT2D eigenvalue weighted by Gasteiger charge is 2.29. The largest absolute Gasteiger partial charge is 0.496 e. The molecule has 51 heavy (non-hydrogen) atoms. The molecule has 12 heteroatoms. The molecule has 276 valence electrons. The number of carbonyl (C=O) groups excluding carboxylic acids is 3. The predicted molar refractivity (Wildman–Crippen MR) is 195 cm³/mol. The summed E-state index contributed by atoms with van der Waals surface area (Å²) in [6, 6.07) is 22.2. The van der Waals surface area contributed by atoms with Crippen molar-refractivity contribution in [2.24, 2.45) is 0 Å². The third-order valence-corrected chi connectivity index (χ3v) is 8.41. The van der Waals surface area contributed by atoms with Gasteiger partial charge in [-0.15, -0.1) is 0 Å². The number of amides is 3. The smallest absolute Gasteiger partial charge is 0.407 e. The predicted octanol–water partition coefficient (Wildman–Crippen LogP) is 4.50. The van der Waals surface area contributed by atoms with E-state index in [1.54, 1.807) is 7.11 Å². The molecule has 3 aromatic rings. The number of nitrogens with zero attached hydrogens (tertiary/aromatic N) is 1. The molecule has 0 aromatic heterocycles. The van der Waals surface area contributed by atoms with Crippen LogP contribution in [-0.4, -0.2) is 103 Å². The Morgan fingerprint density at radius 3 is 2.16 bits per heavy atom. The minimum atomic E-state index is -0.476. The van der Waals surface area contributed by atoms with Crippen molar-refractivity contribution in [1.29, 1.82) is 0 Å². The van der Waals surface area contributed by atoms with Crippen LogP contribution in [0.4, 0.5) is 4.79 Å². The van der Waals surface area contributed by atoms with Crippen molar-refractivity contribution >= 4 is 17.9 Å². The van der Waals surface area contributed by atoms with Gasteiger partial charge in [0.1, 0.15) is 18.1 Å². The lowest BCUT2D eigenvalue weighted by Gasteiger charge is -2.19. The molecular formula is C39H52N4O8. The summed E-state index contributed by atoms with van der Waals surface area (Å²) in [4.78, 5) is 38.2. The highest BCUT2D eigenvalue weighted by Crippen LogP contribution is 2.44. The second-order valence-electron chi connectivity index (χ2n) is 12.2. The summed E-state index contributed by atoms with van der Waals surface area (Å²) in [5, 5.41) is 8.43. The Morgan fingerprint density at radius 2 is 1.45 bits per heavy atom. The van der Waals surface area contributed by atoms with Gasteiger partial charge in [-0.05, 0) is 48.7 Å². The molecule has 3 aromatic carbocycles. The van der Waals surface area contributed by atoms with Gasteiger partial charge in [0.05, 0.1) is 40.1 Å². The minimum absolute atomic E-state index is 0.0184. The summed E-state index contributed by atoms with van der Waals surface area (Å²) >= 11 is 0. The standard InChI is InChI=1S/C39H52N4O8/c1-4-40-37(44)14-9-21-50-30-16-15-29(36(26-30)47-3)27-43(2)20-18-41-38(45)17-22-48-24-25-49-23-19-42-39(46)51-28-35-33-12-7-5-10-31(33)32-11-6-8-13-34(32)35/h5-8,10-13,15-16,26,35H,4,9,14,17-25,27-28H2,1-3H3,(H,40,44)(H,41,45)(H,42,46). The fourth-order valence-electron chi connectivity index (χ4n) is 5.86. The van der Waals surface area contributed by atoms with Crippen LogP contribution in [0, 0.1) is 0 Å². The third-order valence-electron chi connectivity index (χ3n) is 8.41. The summed E-state index contributed by atoms with van der Waals surface area (Å²) in [6.45, 7) is 6.68. The molecule has 12 nitrogen and oxygen atoms in total. The van der Waals surface area contributed by atoms with Crippen LogP contribution in [0.15, 0.2) is 66.7 Å². The summed E-state index contributed by atoms with van der Waals surface area (Å²) in [6.07, 6.45) is 0.848. The van der Waals surface area contributed by atoms with E-state index in [0.717, 1.165) is 11.3 Å². The van der Waals surface area contributed by atoms with Crippen LogP contribution in [0.2, 0.25) is 0 Å². The summed E-state index contributed by atoms with van der Waals surface area (Å²) in [7, 11) is 3.60. The lowest BCUT2D eigenvalue weighted by atomic mass is 9.98. The van der Waals surface area contributed by atoms with Crippen molar-refractivity contribution < 1.29 is 38.1 Å². The molecule has 0 radical (unpaired) electrons. The number of alkyl carbamates (subject to hydrolysis) is 1. The maximum absolute atomic E-state index is 12.3. The number of hydrogen-bond donors (Lipinski definition) is 3. The van der Waals surface area contributed by atoms with Crippen LogP contribution in [0.3, 0.4) is 0 Å². The number of ether oxygens (including phenoxy) is 5. The summed E-state index contributed by atoms with van der Waals surface area (Å²) < 4.78 is 27.9. The highest BCUT2D eigenvalue weighted by molar-refractivity contribution is 5.79. The van der Waals surface area contributed by atoms with Gasteiger partial charge < -0.3 is 44.5 Å². The van der Waals surface area contributed by atoms with Crippen molar-refractivity contribution in [2.75, 3.05) is 80.0 Å². The first-order chi connectivity index (χ1) is 24.9. The highest BCUT2D eigenvalue weighted by atomic mass is 16.6. The first-order valence-corrected chi connectivity index (χ1v) is 17.7. The van der Waals surface area contributed by atoms with Crippen LogP contribution >= 0.6 is 0 Å². The van der Waals surface area contributed by atoms with E-state index in [1.807, 2.05) is 56.4 Å². The van der Waals surface area contributed by atoms with E-state index in [2.05, 4.69) is 45.1 Å².